The van der Waals surface area contributed by atoms with Crippen LogP contribution >= 0.6 is 0 Å². The second-order valence-corrected chi connectivity index (χ2v) is 4.70. The van der Waals surface area contributed by atoms with E-state index in [1.165, 1.54) is 18.2 Å². The fourth-order valence-corrected chi connectivity index (χ4v) is 1.29. The molecule has 0 bridgehead atoms. The summed E-state index contributed by atoms with van der Waals surface area (Å²) < 4.78 is 5.03. The Morgan fingerprint density at radius 1 is 1.33 bits per heavy atom. The van der Waals surface area contributed by atoms with Crippen LogP contribution in [0.3, 0.4) is 0 Å². The molecule has 6 nitrogen and oxygen atoms in total. The second kappa shape index (κ2) is 4.95. The van der Waals surface area contributed by atoms with Gasteiger partial charge in [0.15, 0.2) is 0 Å². The van der Waals surface area contributed by atoms with Crippen LogP contribution in [-0.4, -0.2) is 22.8 Å². The third-order valence-corrected chi connectivity index (χ3v) is 1.95. The Morgan fingerprint density at radius 3 is 2.44 bits per heavy atom. The molecule has 18 heavy (non-hydrogen) atoms. The molecule has 0 heterocycles. The molecule has 0 saturated heterocycles. The van der Waals surface area contributed by atoms with Gasteiger partial charge in [-0.15, -0.1) is 0 Å². The number of nitrogen functional groups attached to an aromatic ring is 1. The molecule has 0 aromatic heterocycles. The molecular formula is C12H16N2O4. The molecule has 98 valence electrons. The van der Waals surface area contributed by atoms with Crippen LogP contribution in [0.5, 0.6) is 0 Å². The Bertz CT molecular complexity index is 477. The number of rotatable bonds is 2. The normalized spacial score (nSPS) is 10.8. The first-order valence-corrected chi connectivity index (χ1v) is 5.32. The van der Waals surface area contributed by atoms with Crippen LogP contribution in [0.2, 0.25) is 0 Å². The molecule has 1 rings (SSSR count). The van der Waals surface area contributed by atoms with Crippen LogP contribution in [0, 0.1) is 0 Å². The summed E-state index contributed by atoms with van der Waals surface area (Å²) in [7, 11) is 0. The molecule has 0 fully saturated rings. The Kier molecular flexibility index (Phi) is 3.80. The highest BCUT2D eigenvalue weighted by Crippen LogP contribution is 2.24. The summed E-state index contributed by atoms with van der Waals surface area (Å²) >= 11 is 0. The molecule has 0 atom stereocenters. The number of nitrogens with one attached hydrogen (secondary N) is 1. The summed E-state index contributed by atoms with van der Waals surface area (Å²) in [5.41, 5.74) is 5.09. The van der Waals surface area contributed by atoms with Gasteiger partial charge in [-0.1, -0.05) is 6.07 Å². The van der Waals surface area contributed by atoms with Crippen LogP contribution in [0.1, 0.15) is 31.1 Å². The molecule has 0 radical (unpaired) electrons. The van der Waals surface area contributed by atoms with Crippen molar-refractivity contribution in [3.63, 3.8) is 0 Å². The minimum absolute atomic E-state index is 0.0410. The van der Waals surface area contributed by atoms with Crippen molar-refractivity contribution in [3.8, 4) is 0 Å². The van der Waals surface area contributed by atoms with Crippen molar-refractivity contribution in [2.24, 2.45) is 0 Å². The lowest BCUT2D eigenvalue weighted by atomic mass is 10.1. The molecule has 0 aliphatic carbocycles. The number of amides is 1. The molecule has 6 heteroatoms. The molecular weight excluding hydrogens is 236 g/mol. The number of carboxylic acid groups (broad SMARTS) is 1. The van der Waals surface area contributed by atoms with Gasteiger partial charge in [0.1, 0.15) is 5.60 Å². The first-order chi connectivity index (χ1) is 8.20. The van der Waals surface area contributed by atoms with Crippen molar-refractivity contribution in [1.29, 1.82) is 0 Å². The molecule has 0 unspecified atom stereocenters. The molecule has 1 amide bonds. The van der Waals surface area contributed by atoms with E-state index in [9.17, 15) is 9.59 Å². The van der Waals surface area contributed by atoms with Crippen LogP contribution in [0.4, 0.5) is 16.2 Å². The standard InChI is InChI=1S/C12H16N2O4/c1-12(2,3)18-11(17)14-9-7(10(15)16)5-4-6-8(9)13/h4-6H,13H2,1-3H3,(H,14,17)(H,15,16). The number of hydrogen-bond acceptors (Lipinski definition) is 4. The van der Waals surface area contributed by atoms with Crippen molar-refractivity contribution in [1.82, 2.24) is 0 Å². The second-order valence-electron chi connectivity index (χ2n) is 4.70. The average Bonchev–Trinajstić information content (AvgIpc) is 2.17. The largest absolute Gasteiger partial charge is 0.478 e. The van der Waals surface area contributed by atoms with E-state index in [4.69, 9.17) is 15.6 Å². The minimum Gasteiger partial charge on any atom is -0.478 e. The van der Waals surface area contributed by atoms with Crippen LogP contribution < -0.4 is 11.1 Å². The predicted octanol–water partition coefficient (Wildman–Crippen LogP) is 2.31. The van der Waals surface area contributed by atoms with Gasteiger partial charge < -0.3 is 15.6 Å². The zero-order chi connectivity index (χ0) is 13.9. The molecule has 0 aliphatic heterocycles. The number of ether oxygens (including phenoxy) is 1. The average molecular weight is 252 g/mol. The Morgan fingerprint density at radius 2 is 1.94 bits per heavy atom. The van der Waals surface area contributed by atoms with Gasteiger partial charge >= 0.3 is 12.1 Å². The van der Waals surface area contributed by atoms with Gasteiger partial charge in [-0.05, 0) is 32.9 Å². The van der Waals surface area contributed by atoms with E-state index in [-0.39, 0.29) is 16.9 Å². The lowest BCUT2D eigenvalue weighted by molar-refractivity contribution is 0.0636. The highest BCUT2D eigenvalue weighted by Gasteiger charge is 2.20. The van der Waals surface area contributed by atoms with E-state index in [0.29, 0.717) is 0 Å². The van der Waals surface area contributed by atoms with Gasteiger partial charge in [0.25, 0.3) is 0 Å². The number of benzene rings is 1. The van der Waals surface area contributed by atoms with Gasteiger partial charge in [-0.3, -0.25) is 5.32 Å². The van der Waals surface area contributed by atoms with Crippen molar-refractivity contribution in [3.05, 3.63) is 23.8 Å². The number of hydrogen-bond donors (Lipinski definition) is 3. The summed E-state index contributed by atoms with van der Waals surface area (Å²) in [6, 6.07) is 4.35. The van der Waals surface area contributed by atoms with Crippen molar-refractivity contribution >= 4 is 23.4 Å². The molecule has 0 spiro atoms. The topological polar surface area (TPSA) is 102 Å². The molecule has 0 saturated carbocycles. The van der Waals surface area contributed by atoms with Crippen LogP contribution in [-0.2, 0) is 4.74 Å². The number of carboxylic acids is 1. The Labute approximate surface area is 105 Å². The van der Waals surface area contributed by atoms with E-state index >= 15 is 0 Å². The first kappa shape index (κ1) is 13.8. The molecule has 4 N–H and O–H groups in total. The fraction of sp³-hybridized carbons (Fsp3) is 0.333. The maximum Gasteiger partial charge on any atom is 0.412 e. The summed E-state index contributed by atoms with van der Waals surface area (Å²) in [5, 5.41) is 11.3. The summed E-state index contributed by atoms with van der Waals surface area (Å²) in [5.74, 6) is -1.17. The number of anilines is 2. The maximum absolute atomic E-state index is 11.6. The van der Waals surface area contributed by atoms with E-state index in [1.807, 2.05) is 0 Å². The Balaban J connectivity index is 2.97. The smallest absolute Gasteiger partial charge is 0.412 e. The number of aromatic carboxylic acids is 1. The van der Waals surface area contributed by atoms with Crippen molar-refractivity contribution in [2.75, 3.05) is 11.1 Å². The molecule has 0 aliphatic rings. The van der Waals surface area contributed by atoms with Gasteiger partial charge in [-0.25, -0.2) is 9.59 Å². The number of carbonyl (C=O) groups is 2. The molecule has 1 aromatic carbocycles. The van der Waals surface area contributed by atoms with E-state index in [0.717, 1.165) is 0 Å². The first-order valence-electron chi connectivity index (χ1n) is 5.32. The number of nitrogens with two attached hydrogens (primary N) is 1. The predicted molar refractivity (Wildman–Crippen MR) is 67.7 cm³/mol. The van der Waals surface area contributed by atoms with E-state index < -0.39 is 17.7 Å². The summed E-state index contributed by atoms with van der Waals surface area (Å²) in [6.07, 6.45) is -0.747. The SMILES string of the molecule is CC(C)(C)OC(=O)Nc1c(N)cccc1C(=O)O. The highest BCUT2D eigenvalue weighted by atomic mass is 16.6. The van der Waals surface area contributed by atoms with E-state index in [1.54, 1.807) is 20.8 Å². The maximum atomic E-state index is 11.6. The van der Waals surface area contributed by atoms with Crippen molar-refractivity contribution in [2.45, 2.75) is 26.4 Å². The molecule has 1 aromatic rings. The van der Waals surface area contributed by atoms with Gasteiger partial charge in [0, 0.05) is 0 Å². The fourth-order valence-electron chi connectivity index (χ4n) is 1.29. The lowest BCUT2D eigenvalue weighted by Crippen LogP contribution is -2.28. The zero-order valence-corrected chi connectivity index (χ0v) is 10.5. The quantitative estimate of drug-likeness (QED) is 0.701. The van der Waals surface area contributed by atoms with E-state index in [2.05, 4.69) is 5.32 Å². The van der Waals surface area contributed by atoms with Gasteiger partial charge in [0.05, 0.1) is 16.9 Å². The zero-order valence-electron chi connectivity index (χ0n) is 10.5. The van der Waals surface area contributed by atoms with Gasteiger partial charge in [-0.2, -0.15) is 0 Å². The third-order valence-electron chi connectivity index (χ3n) is 1.95. The monoisotopic (exact) mass is 252 g/mol. The highest BCUT2D eigenvalue weighted by molar-refractivity contribution is 6.02. The lowest BCUT2D eigenvalue weighted by Gasteiger charge is -2.20. The van der Waals surface area contributed by atoms with Crippen molar-refractivity contribution < 1.29 is 19.4 Å². The number of carbonyl (C=O) groups excluding carboxylic acids is 1. The summed E-state index contributed by atoms with van der Waals surface area (Å²) in [4.78, 5) is 22.6. The van der Waals surface area contributed by atoms with Gasteiger partial charge in [0.2, 0.25) is 0 Å². The summed E-state index contributed by atoms with van der Waals surface area (Å²) in [6.45, 7) is 5.12. The third kappa shape index (κ3) is 3.65. The Hall–Kier alpha value is -2.24. The number of para-hydroxylation sites is 1. The van der Waals surface area contributed by atoms with Crippen LogP contribution in [0.15, 0.2) is 18.2 Å². The van der Waals surface area contributed by atoms with Crippen LogP contribution in [0.25, 0.3) is 0 Å². The minimum atomic E-state index is -1.17.